The van der Waals surface area contributed by atoms with Gasteiger partial charge in [-0.2, -0.15) is 0 Å². The van der Waals surface area contributed by atoms with E-state index in [1.54, 1.807) is 7.11 Å². The number of hydrogen-bond acceptors (Lipinski definition) is 4. The summed E-state index contributed by atoms with van der Waals surface area (Å²) >= 11 is 5.87. The van der Waals surface area contributed by atoms with Crippen LogP contribution in [0, 0.1) is 0 Å². The van der Waals surface area contributed by atoms with E-state index in [0.29, 0.717) is 13.2 Å². The molecular formula is C21H28ClN2O3+. The first kappa shape index (κ1) is 20.0. The number of aliphatic hydroxyl groups is 1. The summed E-state index contributed by atoms with van der Waals surface area (Å²) in [6, 6.07) is 15.8. The van der Waals surface area contributed by atoms with Crippen molar-refractivity contribution in [2.45, 2.75) is 12.7 Å². The number of halogens is 1. The van der Waals surface area contributed by atoms with Gasteiger partial charge in [0, 0.05) is 10.7 Å². The summed E-state index contributed by atoms with van der Waals surface area (Å²) in [6.07, 6.45) is -0.445. The second-order valence-electron chi connectivity index (χ2n) is 6.93. The normalized spacial score (nSPS) is 16.3. The molecule has 0 radical (unpaired) electrons. The summed E-state index contributed by atoms with van der Waals surface area (Å²) in [5.41, 5.74) is 2.29. The van der Waals surface area contributed by atoms with Crippen LogP contribution in [0.5, 0.6) is 5.75 Å². The monoisotopic (exact) mass is 391 g/mol. The van der Waals surface area contributed by atoms with Gasteiger partial charge < -0.3 is 24.4 Å². The highest BCUT2D eigenvalue weighted by Crippen LogP contribution is 2.19. The Morgan fingerprint density at radius 1 is 1.07 bits per heavy atom. The third-order valence-electron chi connectivity index (χ3n) is 4.92. The predicted octanol–water partition coefficient (Wildman–Crippen LogP) is 1.63. The van der Waals surface area contributed by atoms with Crippen LogP contribution in [0.15, 0.2) is 48.5 Å². The van der Waals surface area contributed by atoms with Crippen LogP contribution < -0.4 is 14.5 Å². The molecule has 0 spiro atoms. The Morgan fingerprint density at radius 3 is 2.37 bits per heavy atom. The Morgan fingerprint density at radius 2 is 1.74 bits per heavy atom. The summed E-state index contributed by atoms with van der Waals surface area (Å²) in [6.45, 7) is 5.57. The number of piperazine rings is 1. The van der Waals surface area contributed by atoms with Crippen LogP contribution in [-0.4, -0.2) is 57.7 Å². The maximum atomic E-state index is 10.3. The summed E-state index contributed by atoms with van der Waals surface area (Å²) in [7, 11) is 1.68. The SMILES string of the molecule is COc1ccc(N2CC[NH+](C[C@@H](O)COCc3ccc(Cl)cc3)CC2)cc1. The molecule has 3 rings (SSSR count). The molecular weight excluding hydrogens is 364 g/mol. The molecule has 0 bridgehead atoms. The molecule has 1 heterocycles. The summed E-state index contributed by atoms with van der Waals surface area (Å²) < 4.78 is 10.9. The van der Waals surface area contributed by atoms with E-state index in [1.165, 1.54) is 10.6 Å². The molecule has 1 fully saturated rings. The van der Waals surface area contributed by atoms with Gasteiger partial charge in [0.2, 0.25) is 0 Å². The minimum Gasteiger partial charge on any atom is -0.497 e. The zero-order valence-electron chi connectivity index (χ0n) is 15.7. The number of rotatable bonds is 8. The largest absolute Gasteiger partial charge is 0.497 e. The van der Waals surface area contributed by atoms with Gasteiger partial charge in [-0.15, -0.1) is 0 Å². The van der Waals surface area contributed by atoms with E-state index < -0.39 is 6.10 Å². The maximum Gasteiger partial charge on any atom is 0.126 e. The van der Waals surface area contributed by atoms with Crippen LogP contribution in [-0.2, 0) is 11.3 Å². The van der Waals surface area contributed by atoms with Crippen molar-refractivity contribution in [1.29, 1.82) is 0 Å². The van der Waals surface area contributed by atoms with Gasteiger partial charge in [-0.1, -0.05) is 23.7 Å². The molecule has 6 heteroatoms. The fourth-order valence-electron chi connectivity index (χ4n) is 3.36. The van der Waals surface area contributed by atoms with E-state index in [0.717, 1.165) is 49.1 Å². The number of benzene rings is 2. The van der Waals surface area contributed by atoms with Crippen LogP contribution >= 0.6 is 11.6 Å². The molecule has 0 amide bonds. The van der Waals surface area contributed by atoms with Gasteiger partial charge in [0.25, 0.3) is 0 Å². The quantitative estimate of drug-likeness (QED) is 0.718. The van der Waals surface area contributed by atoms with Gasteiger partial charge in [-0.05, 0) is 42.0 Å². The van der Waals surface area contributed by atoms with Gasteiger partial charge in [0.1, 0.15) is 18.4 Å². The molecule has 27 heavy (non-hydrogen) atoms. The van der Waals surface area contributed by atoms with E-state index in [2.05, 4.69) is 17.0 Å². The van der Waals surface area contributed by atoms with Crippen molar-refractivity contribution in [2.75, 3.05) is 51.3 Å². The third-order valence-corrected chi connectivity index (χ3v) is 5.18. The Balaban J connectivity index is 1.36. The number of nitrogens with one attached hydrogen (secondary N) is 1. The summed E-state index contributed by atoms with van der Waals surface area (Å²) in [5.74, 6) is 0.879. The fraction of sp³-hybridized carbons (Fsp3) is 0.429. The molecule has 2 aromatic rings. The van der Waals surface area contributed by atoms with E-state index in [4.69, 9.17) is 21.1 Å². The van der Waals surface area contributed by atoms with Gasteiger partial charge in [-0.25, -0.2) is 0 Å². The smallest absolute Gasteiger partial charge is 0.126 e. The van der Waals surface area contributed by atoms with E-state index >= 15 is 0 Å². The minimum atomic E-state index is -0.445. The molecule has 2 aromatic carbocycles. The van der Waals surface area contributed by atoms with Gasteiger partial charge in [0.15, 0.2) is 0 Å². The van der Waals surface area contributed by atoms with Crippen molar-refractivity contribution in [1.82, 2.24) is 0 Å². The highest BCUT2D eigenvalue weighted by molar-refractivity contribution is 6.30. The van der Waals surface area contributed by atoms with Crippen LogP contribution in [0.25, 0.3) is 0 Å². The van der Waals surface area contributed by atoms with Gasteiger partial charge >= 0.3 is 0 Å². The lowest BCUT2D eigenvalue weighted by molar-refractivity contribution is -0.903. The number of aliphatic hydroxyl groups excluding tert-OH is 1. The average Bonchev–Trinajstić information content (AvgIpc) is 2.70. The lowest BCUT2D eigenvalue weighted by Crippen LogP contribution is -3.16. The molecule has 1 aliphatic heterocycles. The third kappa shape index (κ3) is 6.11. The molecule has 1 atom stereocenters. The first-order chi connectivity index (χ1) is 13.1. The van der Waals surface area contributed by atoms with E-state index in [-0.39, 0.29) is 0 Å². The molecule has 1 saturated heterocycles. The van der Waals surface area contributed by atoms with Crippen molar-refractivity contribution in [3.05, 3.63) is 59.1 Å². The van der Waals surface area contributed by atoms with E-state index in [9.17, 15) is 5.11 Å². The highest BCUT2D eigenvalue weighted by Gasteiger charge is 2.22. The number of anilines is 1. The zero-order valence-corrected chi connectivity index (χ0v) is 16.5. The topological polar surface area (TPSA) is 46.4 Å². The number of ether oxygens (including phenoxy) is 2. The van der Waals surface area contributed by atoms with Crippen molar-refractivity contribution in [3.63, 3.8) is 0 Å². The number of nitrogens with zero attached hydrogens (tertiary/aromatic N) is 1. The Hall–Kier alpha value is -1.79. The van der Waals surface area contributed by atoms with Crippen molar-refractivity contribution in [3.8, 4) is 5.75 Å². The summed E-state index contributed by atoms with van der Waals surface area (Å²) in [4.78, 5) is 3.80. The number of hydrogen-bond donors (Lipinski definition) is 2. The average molecular weight is 392 g/mol. The van der Waals surface area contributed by atoms with Crippen LogP contribution in [0.3, 0.4) is 0 Å². The predicted molar refractivity (Wildman–Crippen MR) is 108 cm³/mol. The van der Waals surface area contributed by atoms with Crippen LogP contribution in [0.1, 0.15) is 5.56 Å². The first-order valence-corrected chi connectivity index (χ1v) is 9.74. The number of methoxy groups -OCH3 is 1. The second kappa shape index (κ2) is 9.95. The van der Waals surface area contributed by atoms with Crippen molar-refractivity contribution >= 4 is 17.3 Å². The number of quaternary nitrogens is 1. The molecule has 0 saturated carbocycles. The lowest BCUT2D eigenvalue weighted by Gasteiger charge is -2.34. The van der Waals surface area contributed by atoms with E-state index in [1.807, 2.05) is 36.4 Å². The molecule has 0 aliphatic carbocycles. The molecule has 0 unspecified atom stereocenters. The Kier molecular flexibility index (Phi) is 7.35. The molecule has 0 aromatic heterocycles. The molecule has 1 aliphatic rings. The lowest BCUT2D eigenvalue weighted by atomic mass is 10.2. The van der Waals surface area contributed by atoms with Crippen LogP contribution in [0.4, 0.5) is 5.69 Å². The van der Waals surface area contributed by atoms with Crippen LogP contribution in [0.2, 0.25) is 5.02 Å². The Bertz CT molecular complexity index is 686. The highest BCUT2D eigenvalue weighted by atomic mass is 35.5. The molecule has 5 nitrogen and oxygen atoms in total. The van der Waals surface area contributed by atoms with Gasteiger partial charge in [-0.3, -0.25) is 0 Å². The second-order valence-corrected chi connectivity index (χ2v) is 7.37. The first-order valence-electron chi connectivity index (χ1n) is 9.37. The maximum absolute atomic E-state index is 10.3. The van der Waals surface area contributed by atoms with Crippen molar-refractivity contribution in [2.24, 2.45) is 0 Å². The van der Waals surface area contributed by atoms with Gasteiger partial charge in [0.05, 0.1) is 46.5 Å². The fourth-order valence-corrected chi connectivity index (χ4v) is 3.49. The summed E-state index contributed by atoms with van der Waals surface area (Å²) in [5, 5.41) is 11.0. The Labute approximate surface area is 166 Å². The van der Waals surface area contributed by atoms with Crippen molar-refractivity contribution < 1.29 is 19.5 Å². The zero-order chi connectivity index (χ0) is 19.1. The molecule has 2 N–H and O–H groups in total. The standard InChI is InChI=1S/C21H27ClN2O3/c1-26-21-8-6-19(7-9-21)24-12-10-23(11-13-24)14-20(25)16-27-15-17-2-4-18(22)5-3-17/h2-9,20,25H,10-16H2,1H3/p+1/t20-/m1/s1. The molecule has 146 valence electrons. The minimum absolute atomic E-state index is 0.355.